The minimum Gasteiger partial charge on any atom is -0.477 e. The van der Waals surface area contributed by atoms with Crippen LogP contribution in [0.2, 0.25) is 0 Å². The lowest BCUT2D eigenvalue weighted by atomic mass is 10.1. The molecule has 0 saturated heterocycles. The fourth-order valence-electron chi connectivity index (χ4n) is 2.50. The highest BCUT2D eigenvalue weighted by Gasteiger charge is 2.27. The van der Waals surface area contributed by atoms with Crippen LogP contribution in [0.1, 0.15) is 30.5 Å². The van der Waals surface area contributed by atoms with Crippen LogP contribution in [0.15, 0.2) is 0 Å². The average molecular weight is 342 g/mol. The van der Waals surface area contributed by atoms with Crippen molar-refractivity contribution in [3.05, 3.63) is 32.5 Å². The molecule has 3 rings (SSSR count). The highest BCUT2D eigenvalue weighted by atomic mass is 32.1. The molecule has 8 heteroatoms. The summed E-state index contributed by atoms with van der Waals surface area (Å²) in [6.07, 6.45) is 0. The molecule has 0 spiro atoms. The number of halogens is 2. The van der Waals surface area contributed by atoms with Crippen molar-refractivity contribution in [2.75, 3.05) is 0 Å². The molecule has 0 atom stereocenters. The molecule has 0 fully saturated rings. The van der Waals surface area contributed by atoms with Gasteiger partial charge in [0.15, 0.2) is 0 Å². The Morgan fingerprint density at radius 2 is 1.14 bits per heavy atom. The van der Waals surface area contributed by atoms with Gasteiger partial charge >= 0.3 is 11.9 Å². The number of hydrogen-bond acceptors (Lipinski definition) is 4. The Morgan fingerprint density at radius 3 is 1.41 bits per heavy atom. The predicted octanol–water partition coefficient (Wildman–Crippen LogP) is 4.41. The first-order valence-corrected chi connectivity index (χ1v) is 7.68. The van der Waals surface area contributed by atoms with E-state index in [1.54, 1.807) is 0 Å². The molecular formula is C14H8F2O4S2. The molecule has 0 bridgehead atoms. The SMILES string of the molecule is Cc1c(C(=O)O)sc2c(F)c3c(C)c(C(=O)O)sc3c(F)c12. The lowest BCUT2D eigenvalue weighted by molar-refractivity contribution is 0.0690. The Balaban J connectivity index is 2.57. The summed E-state index contributed by atoms with van der Waals surface area (Å²) in [5.74, 6) is -4.03. The quantitative estimate of drug-likeness (QED) is 0.723. The molecule has 22 heavy (non-hydrogen) atoms. The lowest BCUT2D eigenvalue weighted by Crippen LogP contribution is -1.94. The molecule has 2 N–H and O–H groups in total. The molecule has 1 aromatic carbocycles. The maximum Gasteiger partial charge on any atom is 0.346 e. The second-order valence-corrected chi connectivity index (χ2v) is 6.80. The third-order valence-corrected chi connectivity index (χ3v) is 6.06. The number of hydrogen-bond donors (Lipinski definition) is 2. The van der Waals surface area contributed by atoms with E-state index in [4.69, 9.17) is 10.2 Å². The monoisotopic (exact) mass is 342 g/mol. The van der Waals surface area contributed by atoms with Crippen molar-refractivity contribution < 1.29 is 28.6 Å². The Kier molecular flexibility index (Phi) is 3.19. The van der Waals surface area contributed by atoms with Crippen molar-refractivity contribution in [3.63, 3.8) is 0 Å². The van der Waals surface area contributed by atoms with Gasteiger partial charge in [0.25, 0.3) is 0 Å². The van der Waals surface area contributed by atoms with Gasteiger partial charge in [0.05, 0.1) is 9.40 Å². The standard InChI is InChI=1S/C14H8F2O4S2/c1-3-5-7(15)12-6(4(2)10(22-12)14(19)20)8(16)11(5)21-9(3)13(17)18/h1-2H3,(H,17,18)(H,19,20). The van der Waals surface area contributed by atoms with Gasteiger partial charge < -0.3 is 10.2 Å². The van der Waals surface area contributed by atoms with E-state index in [1.807, 2.05) is 0 Å². The summed E-state index contributed by atoms with van der Waals surface area (Å²) >= 11 is 1.31. The number of benzene rings is 1. The van der Waals surface area contributed by atoms with Crippen molar-refractivity contribution in [1.82, 2.24) is 0 Å². The van der Waals surface area contributed by atoms with Crippen molar-refractivity contribution in [1.29, 1.82) is 0 Å². The summed E-state index contributed by atoms with van der Waals surface area (Å²) < 4.78 is 29.2. The average Bonchev–Trinajstić information content (AvgIpc) is 2.95. The van der Waals surface area contributed by atoms with Crippen LogP contribution in [0.4, 0.5) is 8.78 Å². The Morgan fingerprint density at radius 1 is 0.818 bits per heavy atom. The van der Waals surface area contributed by atoms with Gasteiger partial charge in [-0.05, 0) is 25.0 Å². The third kappa shape index (κ3) is 1.77. The molecule has 0 aliphatic rings. The Labute approximate surface area is 130 Å². The van der Waals surface area contributed by atoms with E-state index < -0.39 is 23.6 Å². The van der Waals surface area contributed by atoms with Crippen LogP contribution in [-0.2, 0) is 0 Å². The zero-order chi connectivity index (χ0) is 16.3. The van der Waals surface area contributed by atoms with Crippen LogP contribution < -0.4 is 0 Å². The highest BCUT2D eigenvalue weighted by Crippen LogP contribution is 2.43. The summed E-state index contributed by atoms with van der Waals surface area (Å²) in [6, 6.07) is 0. The van der Waals surface area contributed by atoms with Crippen LogP contribution >= 0.6 is 22.7 Å². The van der Waals surface area contributed by atoms with E-state index in [1.165, 1.54) is 13.8 Å². The molecular weight excluding hydrogens is 334 g/mol. The van der Waals surface area contributed by atoms with E-state index >= 15 is 0 Å². The molecule has 3 aromatic rings. The summed E-state index contributed by atoms with van der Waals surface area (Å²) in [5, 5.41) is 18.0. The van der Waals surface area contributed by atoms with Gasteiger partial charge in [0, 0.05) is 10.8 Å². The fourth-order valence-corrected chi connectivity index (χ4v) is 4.67. The molecule has 4 nitrogen and oxygen atoms in total. The summed E-state index contributed by atoms with van der Waals surface area (Å²) in [7, 11) is 0. The van der Waals surface area contributed by atoms with E-state index in [0.29, 0.717) is 22.7 Å². The van der Waals surface area contributed by atoms with Crippen LogP contribution in [-0.4, -0.2) is 22.2 Å². The van der Waals surface area contributed by atoms with Crippen LogP contribution in [0, 0.1) is 25.5 Å². The predicted molar refractivity (Wildman–Crippen MR) is 80.5 cm³/mol. The number of aryl methyl sites for hydroxylation is 2. The molecule has 0 amide bonds. The van der Waals surface area contributed by atoms with Crippen molar-refractivity contribution in [3.8, 4) is 0 Å². The zero-order valence-electron chi connectivity index (χ0n) is 11.3. The topological polar surface area (TPSA) is 74.6 Å². The first kappa shape index (κ1) is 14.9. The smallest absolute Gasteiger partial charge is 0.346 e. The molecule has 0 unspecified atom stereocenters. The minimum absolute atomic E-state index is 0.0920. The van der Waals surface area contributed by atoms with Crippen LogP contribution in [0.25, 0.3) is 20.2 Å². The van der Waals surface area contributed by atoms with Crippen molar-refractivity contribution >= 4 is 54.8 Å². The Bertz CT molecular complexity index is 904. The number of fused-ring (bicyclic) bond motifs is 2. The van der Waals surface area contributed by atoms with E-state index in [2.05, 4.69) is 0 Å². The third-order valence-electron chi connectivity index (χ3n) is 3.52. The van der Waals surface area contributed by atoms with E-state index in [-0.39, 0.29) is 41.1 Å². The summed E-state index contributed by atoms with van der Waals surface area (Å²) in [5.41, 5.74) is 0.294. The number of carboxylic acid groups (broad SMARTS) is 2. The number of rotatable bonds is 2. The van der Waals surface area contributed by atoms with Gasteiger partial charge in [-0.2, -0.15) is 0 Å². The van der Waals surface area contributed by atoms with E-state index in [0.717, 1.165) is 0 Å². The summed E-state index contributed by atoms with van der Waals surface area (Å²) in [4.78, 5) is 22.0. The fraction of sp³-hybridized carbons (Fsp3) is 0.143. The highest BCUT2D eigenvalue weighted by molar-refractivity contribution is 7.22. The van der Waals surface area contributed by atoms with Gasteiger partial charge in [0.1, 0.15) is 21.4 Å². The van der Waals surface area contributed by atoms with Gasteiger partial charge in [-0.15, -0.1) is 22.7 Å². The van der Waals surface area contributed by atoms with E-state index in [9.17, 15) is 18.4 Å². The molecule has 2 heterocycles. The van der Waals surface area contributed by atoms with Gasteiger partial charge in [-0.1, -0.05) is 0 Å². The minimum atomic E-state index is -1.25. The van der Waals surface area contributed by atoms with Gasteiger partial charge in [-0.25, -0.2) is 18.4 Å². The van der Waals surface area contributed by atoms with Crippen LogP contribution in [0.3, 0.4) is 0 Å². The van der Waals surface area contributed by atoms with Gasteiger partial charge in [-0.3, -0.25) is 0 Å². The van der Waals surface area contributed by atoms with Crippen molar-refractivity contribution in [2.24, 2.45) is 0 Å². The van der Waals surface area contributed by atoms with Crippen molar-refractivity contribution in [2.45, 2.75) is 13.8 Å². The molecule has 0 radical (unpaired) electrons. The maximum absolute atomic E-state index is 14.7. The molecule has 2 aromatic heterocycles. The normalized spacial score (nSPS) is 11.5. The second kappa shape index (κ2) is 4.72. The Hall–Kier alpha value is -2.06. The van der Waals surface area contributed by atoms with Crippen LogP contribution in [0.5, 0.6) is 0 Å². The largest absolute Gasteiger partial charge is 0.477 e. The number of aromatic carboxylic acids is 2. The molecule has 0 saturated carbocycles. The number of carboxylic acids is 2. The second-order valence-electron chi connectivity index (χ2n) is 4.76. The maximum atomic E-state index is 14.7. The molecule has 0 aliphatic heterocycles. The first-order chi connectivity index (χ1) is 10.3. The zero-order valence-corrected chi connectivity index (χ0v) is 12.9. The first-order valence-electron chi connectivity index (χ1n) is 6.05. The molecule has 114 valence electrons. The number of carbonyl (C=O) groups is 2. The summed E-state index contributed by atoms with van der Waals surface area (Å²) in [6.45, 7) is 2.82. The molecule has 0 aliphatic carbocycles. The van der Waals surface area contributed by atoms with Gasteiger partial charge in [0.2, 0.25) is 0 Å². The number of thiophene rings is 2. The lowest BCUT2D eigenvalue weighted by Gasteiger charge is -2.01.